The number of hydrogen-bond donors (Lipinski definition) is 5. The molecule has 1 heterocycles. The minimum atomic E-state index is -4.81. The molecule has 0 aliphatic carbocycles. The molecule has 0 fully saturated rings. The van der Waals surface area contributed by atoms with Crippen molar-refractivity contribution in [3.63, 3.8) is 0 Å². The quantitative estimate of drug-likeness (QED) is 0.109. The maximum Gasteiger partial charge on any atom is 0.573 e. The lowest BCUT2D eigenvalue weighted by molar-refractivity contribution is -0.274. The van der Waals surface area contributed by atoms with Crippen LogP contribution in [-0.4, -0.2) is 57.2 Å². The second-order valence-corrected chi connectivity index (χ2v) is 9.72. The van der Waals surface area contributed by atoms with E-state index in [1.165, 1.54) is 23.3 Å². The standard InChI is InChI=1S/C22H30F3N7O4S/c1-21(2,35)13-29-19(34)20-31-30-17(37-20)8-3-4-9-32(27)12-16(26)18(33)28-11-14-6-5-7-15(10-14)36-22(23,24)25/h5-7,10,12,35H,3-4,8-9,11,13,26-27H2,1-2H3,(H,28,33)(H,29,34)/b16-12-. The zero-order valence-corrected chi connectivity index (χ0v) is 21.2. The smallest absolute Gasteiger partial charge is 0.406 e. The van der Waals surface area contributed by atoms with Crippen LogP contribution in [0.2, 0.25) is 0 Å². The van der Waals surface area contributed by atoms with Crippen molar-refractivity contribution >= 4 is 23.2 Å². The average molecular weight is 546 g/mol. The van der Waals surface area contributed by atoms with Crippen molar-refractivity contribution in [2.24, 2.45) is 11.6 Å². The number of alkyl halides is 3. The van der Waals surface area contributed by atoms with E-state index in [1.807, 2.05) is 0 Å². The lowest BCUT2D eigenvalue weighted by Crippen LogP contribution is -2.38. The van der Waals surface area contributed by atoms with Crippen molar-refractivity contribution in [1.82, 2.24) is 25.8 Å². The van der Waals surface area contributed by atoms with Crippen molar-refractivity contribution in [2.75, 3.05) is 13.1 Å². The second kappa shape index (κ2) is 13.2. The number of nitrogens with two attached hydrogens (primary N) is 2. The summed E-state index contributed by atoms with van der Waals surface area (Å²) >= 11 is 1.16. The van der Waals surface area contributed by atoms with Gasteiger partial charge >= 0.3 is 6.36 Å². The van der Waals surface area contributed by atoms with Crippen molar-refractivity contribution in [1.29, 1.82) is 0 Å². The molecule has 2 aromatic rings. The molecule has 11 nitrogen and oxygen atoms in total. The number of aliphatic hydroxyl groups is 1. The molecule has 37 heavy (non-hydrogen) atoms. The fraction of sp³-hybridized carbons (Fsp3) is 0.455. The summed E-state index contributed by atoms with van der Waals surface area (Å²) in [7, 11) is 0. The first-order valence-corrected chi connectivity index (χ1v) is 12.0. The molecule has 7 N–H and O–H groups in total. The van der Waals surface area contributed by atoms with Gasteiger partial charge in [-0.15, -0.1) is 23.4 Å². The molecule has 1 aromatic carbocycles. The Morgan fingerprint density at radius 2 is 1.95 bits per heavy atom. The summed E-state index contributed by atoms with van der Waals surface area (Å²) in [5.41, 5.74) is 4.95. The molecule has 204 valence electrons. The molecule has 2 rings (SSSR count). The van der Waals surface area contributed by atoms with E-state index in [4.69, 9.17) is 11.6 Å². The molecule has 0 bridgehead atoms. The number of nitrogens with zero attached hydrogens (tertiary/aromatic N) is 3. The lowest BCUT2D eigenvalue weighted by Gasteiger charge is -2.16. The summed E-state index contributed by atoms with van der Waals surface area (Å²) in [6.07, 6.45) is -1.66. The van der Waals surface area contributed by atoms with Crippen molar-refractivity contribution in [3.05, 3.63) is 51.7 Å². The molecule has 0 spiro atoms. The number of unbranched alkanes of at least 4 members (excludes halogenated alkanes) is 1. The Bertz CT molecular complexity index is 1090. The van der Waals surface area contributed by atoms with Gasteiger partial charge < -0.3 is 31.2 Å². The molecule has 0 radical (unpaired) electrons. The van der Waals surface area contributed by atoms with Crippen LogP contribution in [0.5, 0.6) is 5.75 Å². The molecule has 15 heteroatoms. The highest BCUT2D eigenvalue weighted by molar-refractivity contribution is 7.13. The first-order chi connectivity index (χ1) is 17.2. The molecule has 1 aromatic heterocycles. The summed E-state index contributed by atoms with van der Waals surface area (Å²) in [4.78, 5) is 24.2. The number of amides is 2. The maximum atomic E-state index is 12.3. The van der Waals surface area contributed by atoms with E-state index in [9.17, 15) is 27.9 Å². The fourth-order valence-corrected chi connectivity index (χ4v) is 3.63. The predicted octanol–water partition coefficient (Wildman–Crippen LogP) is 1.55. The monoisotopic (exact) mass is 545 g/mol. The number of hydrogen-bond acceptors (Lipinski definition) is 10. The van der Waals surface area contributed by atoms with Gasteiger partial charge in [-0.25, -0.2) is 5.84 Å². The number of nitrogens with one attached hydrogen (secondary N) is 2. The maximum absolute atomic E-state index is 12.3. The number of halogens is 3. The first-order valence-electron chi connectivity index (χ1n) is 11.2. The van der Waals surface area contributed by atoms with E-state index in [1.54, 1.807) is 13.8 Å². The summed E-state index contributed by atoms with van der Waals surface area (Å²) in [6, 6.07) is 5.21. The van der Waals surface area contributed by atoms with Crippen LogP contribution in [0.25, 0.3) is 0 Å². The number of aryl methyl sites for hydroxylation is 1. The first kappa shape index (κ1) is 29.8. The van der Waals surface area contributed by atoms with Gasteiger partial charge in [-0.3, -0.25) is 9.59 Å². The molecule has 0 atom stereocenters. The Labute approximate surface area is 215 Å². The third-order valence-corrected chi connectivity index (χ3v) is 5.53. The van der Waals surface area contributed by atoms with Crippen LogP contribution in [-0.2, 0) is 17.8 Å². The highest BCUT2D eigenvalue weighted by atomic mass is 32.1. The van der Waals surface area contributed by atoms with E-state index in [0.29, 0.717) is 36.4 Å². The zero-order valence-electron chi connectivity index (χ0n) is 20.3. The van der Waals surface area contributed by atoms with Crippen LogP contribution < -0.4 is 26.9 Å². The van der Waals surface area contributed by atoms with E-state index >= 15 is 0 Å². The molecule has 0 unspecified atom stereocenters. The number of aromatic nitrogens is 2. The Hall–Kier alpha value is -3.43. The SMILES string of the molecule is CC(C)(O)CNC(=O)c1nnc(CCCCN(N)/C=C(\N)C(=O)NCc2cccc(OC(F)(F)F)c2)s1. The second-order valence-electron chi connectivity index (χ2n) is 8.65. The lowest BCUT2D eigenvalue weighted by atomic mass is 10.1. The summed E-state index contributed by atoms with van der Waals surface area (Å²) in [5.74, 6) is 4.43. The number of rotatable bonds is 13. The summed E-state index contributed by atoms with van der Waals surface area (Å²) in [6.45, 7) is 3.56. The van der Waals surface area contributed by atoms with Gasteiger partial charge in [0.05, 0.1) is 5.60 Å². The Morgan fingerprint density at radius 1 is 1.22 bits per heavy atom. The van der Waals surface area contributed by atoms with Gasteiger partial charge in [0.15, 0.2) is 0 Å². The Kier molecular flexibility index (Phi) is 10.6. The number of carbonyl (C=O) groups is 2. The zero-order chi connectivity index (χ0) is 27.6. The van der Waals surface area contributed by atoms with Crippen LogP contribution in [0.15, 0.2) is 36.2 Å². The molecule has 0 aliphatic rings. The third-order valence-electron chi connectivity index (χ3n) is 4.55. The molecule has 0 saturated carbocycles. The van der Waals surface area contributed by atoms with Gasteiger partial charge in [0, 0.05) is 32.3 Å². The number of hydrazine groups is 1. The minimum absolute atomic E-state index is 0.0629. The van der Waals surface area contributed by atoms with Gasteiger partial charge in [-0.05, 0) is 44.4 Å². The topological polar surface area (TPSA) is 169 Å². The van der Waals surface area contributed by atoms with Crippen LogP contribution in [0, 0.1) is 0 Å². The summed E-state index contributed by atoms with van der Waals surface area (Å²) < 4.78 is 40.9. The molecule has 0 aliphatic heterocycles. The average Bonchev–Trinajstić information content (AvgIpc) is 3.26. The van der Waals surface area contributed by atoms with Gasteiger partial charge in [0.1, 0.15) is 16.5 Å². The minimum Gasteiger partial charge on any atom is -0.406 e. The predicted molar refractivity (Wildman–Crippen MR) is 130 cm³/mol. The number of carbonyl (C=O) groups excluding carboxylic acids is 2. The van der Waals surface area contributed by atoms with E-state index < -0.39 is 29.5 Å². The van der Waals surface area contributed by atoms with E-state index in [0.717, 1.165) is 23.5 Å². The van der Waals surface area contributed by atoms with Crippen molar-refractivity contribution in [2.45, 2.75) is 51.6 Å². The molecule has 0 saturated heterocycles. The fourth-order valence-electron chi connectivity index (χ4n) is 2.83. The van der Waals surface area contributed by atoms with Crippen molar-refractivity contribution < 1.29 is 32.6 Å². The highest BCUT2D eigenvalue weighted by Crippen LogP contribution is 2.23. The molecule has 2 amide bonds. The van der Waals surface area contributed by atoms with Gasteiger partial charge in [-0.2, -0.15) is 0 Å². The van der Waals surface area contributed by atoms with Gasteiger partial charge in [0.2, 0.25) is 5.01 Å². The van der Waals surface area contributed by atoms with Crippen LogP contribution in [0.3, 0.4) is 0 Å². The van der Waals surface area contributed by atoms with E-state index in [2.05, 4.69) is 25.6 Å². The van der Waals surface area contributed by atoms with Crippen LogP contribution in [0.4, 0.5) is 13.2 Å². The highest BCUT2D eigenvalue weighted by Gasteiger charge is 2.31. The summed E-state index contributed by atoms with van der Waals surface area (Å²) in [5, 5.41) is 24.8. The third kappa shape index (κ3) is 11.9. The largest absolute Gasteiger partial charge is 0.573 e. The van der Waals surface area contributed by atoms with Gasteiger partial charge in [0.25, 0.3) is 11.8 Å². The normalized spacial score (nSPS) is 12.2. The number of ether oxygens (including phenoxy) is 1. The molecular weight excluding hydrogens is 515 g/mol. The van der Waals surface area contributed by atoms with Crippen molar-refractivity contribution in [3.8, 4) is 5.75 Å². The Morgan fingerprint density at radius 3 is 2.62 bits per heavy atom. The van der Waals surface area contributed by atoms with Crippen LogP contribution >= 0.6 is 11.3 Å². The van der Waals surface area contributed by atoms with E-state index in [-0.39, 0.29) is 23.8 Å². The van der Waals surface area contributed by atoms with Crippen LogP contribution in [0.1, 0.15) is 47.1 Å². The Balaban J connectivity index is 1.72. The molecular formula is C22H30F3N7O4S. The number of benzene rings is 1. The van der Waals surface area contributed by atoms with Gasteiger partial charge in [-0.1, -0.05) is 23.5 Å².